The highest BCUT2D eigenvalue weighted by molar-refractivity contribution is 6.34. The molecule has 2 N–H and O–H groups in total. The molecule has 1 heterocycles. The maximum atomic E-state index is 13.6. The maximum absolute atomic E-state index is 13.6. The van der Waals surface area contributed by atoms with E-state index >= 15 is 0 Å². The van der Waals surface area contributed by atoms with E-state index in [-0.39, 0.29) is 47.1 Å². The number of carbonyl (C=O) groups excluding carboxylic acids is 1. The fourth-order valence-electron chi connectivity index (χ4n) is 3.52. The van der Waals surface area contributed by atoms with Crippen LogP contribution in [0.3, 0.4) is 0 Å². The molecule has 1 aliphatic rings. The Morgan fingerprint density at radius 2 is 1.87 bits per heavy atom. The van der Waals surface area contributed by atoms with Gasteiger partial charge in [0.1, 0.15) is 17.4 Å². The molecule has 1 aromatic carbocycles. The van der Waals surface area contributed by atoms with Gasteiger partial charge in [0.25, 0.3) is 5.91 Å². The van der Waals surface area contributed by atoms with Crippen molar-refractivity contribution in [2.75, 3.05) is 0 Å². The minimum atomic E-state index is -4.61. The Kier molecular flexibility index (Phi) is 6.60. The smallest absolute Gasteiger partial charge is 0.387 e. The van der Waals surface area contributed by atoms with Gasteiger partial charge in [-0.05, 0) is 56.0 Å². The van der Waals surface area contributed by atoms with Gasteiger partial charge >= 0.3 is 6.18 Å². The second-order valence-corrected chi connectivity index (χ2v) is 8.06. The molecule has 1 amide bonds. The largest absolute Gasteiger partial charge is 0.416 e. The summed E-state index contributed by atoms with van der Waals surface area (Å²) in [5.41, 5.74) is -2.44. The van der Waals surface area contributed by atoms with E-state index < -0.39 is 35.5 Å². The van der Waals surface area contributed by atoms with Crippen LogP contribution >= 0.6 is 23.2 Å². The Bertz CT molecular complexity index is 931. The molecule has 2 aromatic rings. The number of pyridine rings is 1. The van der Waals surface area contributed by atoms with E-state index in [9.17, 15) is 27.5 Å². The van der Waals surface area contributed by atoms with Crippen LogP contribution in [0.2, 0.25) is 10.2 Å². The Hall–Kier alpha value is -1.90. The minimum Gasteiger partial charge on any atom is -0.387 e. The number of alkyl halides is 4. The second-order valence-electron chi connectivity index (χ2n) is 7.26. The summed E-state index contributed by atoms with van der Waals surface area (Å²) in [4.78, 5) is 17.0. The molecule has 1 atom stereocenters. The minimum absolute atomic E-state index is 0.0635. The predicted molar refractivity (Wildman–Crippen MR) is 104 cm³/mol. The average molecular weight is 465 g/mol. The summed E-state index contributed by atoms with van der Waals surface area (Å²) < 4.78 is 52.2. The van der Waals surface area contributed by atoms with E-state index in [1.807, 2.05) is 0 Å². The van der Waals surface area contributed by atoms with Crippen molar-refractivity contribution < 1.29 is 27.5 Å². The van der Waals surface area contributed by atoms with Crippen LogP contribution in [0.15, 0.2) is 36.4 Å². The first kappa shape index (κ1) is 22.8. The number of hydrogen-bond acceptors (Lipinski definition) is 3. The molecule has 0 radical (unpaired) electrons. The number of hydrogen-bond donors (Lipinski definition) is 2. The van der Waals surface area contributed by atoms with Gasteiger partial charge in [-0.25, -0.2) is 9.37 Å². The topological polar surface area (TPSA) is 62.2 Å². The fourth-order valence-corrected chi connectivity index (χ4v) is 3.96. The van der Waals surface area contributed by atoms with Gasteiger partial charge in [0, 0.05) is 0 Å². The third-order valence-electron chi connectivity index (χ3n) is 5.17. The molecule has 1 saturated carbocycles. The van der Waals surface area contributed by atoms with Crippen LogP contribution < -0.4 is 5.32 Å². The molecule has 1 fully saturated rings. The second kappa shape index (κ2) is 8.69. The van der Waals surface area contributed by atoms with Crippen molar-refractivity contribution in [2.24, 2.45) is 0 Å². The molecule has 10 heteroatoms. The van der Waals surface area contributed by atoms with Gasteiger partial charge in [0.2, 0.25) is 0 Å². The van der Waals surface area contributed by atoms with Crippen molar-refractivity contribution in [3.05, 3.63) is 63.4 Å². The predicted octanol–water partition coefficient (Wildman–Crippen LogP) is 5.52. The lowest BCUT2D eigenvalue weighted by Crippen LogP contribution is -2.49. The molecule has 1 aliphatic carbocycles. The Morgan fingerprint density at radius 1 is 1.20 bits per heavy atom. The number of nitrogens with one attached hydrogen (secondary N) is 1. The molecule has 1 aromatic heterocycles. The molecule has 4 nitrogen and oxygen atoms in total. The number of amides is 1. The number of aliphatic hydroxyl groups is 1. The molecule has 1 unspecified atom stereocenters. The number of benzene rings is 1. The zero-order chi connectivity index (χ0) is 22.1. The first-order chi connectivity index (χ1) is 14.0. The van der Waals surface area contributed by atoms with Crippen molar-refractivity contribution in [3.63, 3.8) is 0 Å². The molecule has 162 valence electrons. The first-order valence-corrected chi connectivity index (χ1v) is 9.92. The van der Waals surface area contributed by atoms with Crippen molar-refractivity contribution in [3.8, 4) is 0 Å². The number of rotatable bonds is 4. The lowest BCUT2D eigenvalue weighted by atomic mass is 9.77. The van der Waals surface area contributed by atoms with E-state index in [0.29, 0.717) is 6.07 Å². The van der Waals surface area contributed by atoms with Crippen LogP contribution in [-0.2, 0) is 6.18 Å². The van der Waals surface area contributed by atoms with Crippen molar-refractivity contribution in [2.45, 2.75) is 49.7 Å². The number of halogens is 6. The Morgan fingerprint density at radius 3 is 2.43 bits per heavy atom. The molecular weight excluding hydrogens is 447 g/mol. The zero-order valence-corrected chi connectivity index (χ0v) is 17.0. The van der Waals surface area contributed by atoms with E-state index in [2.05, 4.69) is 10.3 Å². The fraction of sp³-hybridized carbons (Fsp3) is 0.400. The monoisotopic (exact) mass is 464 g/mol. The summed E-state index contributed by atoms with van der Waals surface area (Å²) in [6.07, 6.45) is -5.33. The summed E-state index contributed by atoms with van der Waals surface area (Å²) >= 11 is 11.9. The van der Waals surface area contributed by atoms with Crippen LogP contribution in [0.1, 0.15) is 53.3 Å². The lowest BCUT2D eigenvalue weighted by Gasteiger charge is -2.40. The van der Waals surface area contributed by atoms with Gasteiger partial charge in [-0.1, -0.05) is 29.3 Å². The van der Waals surface area contributed by atoms with E-state index in [4.69, 9.17) is 23.2 Å². The highest BCUT2D eigenvalue weighted by Gasteiger charge is 2.43. The summed E-state index contributed by atoms with van der Waals surface area (Å²) in [6.45, 7) is 0. The molecule has 30 heavy (non-hydrogen) atoms. The van der Waals surface area contributed by atoms with E-state index in [1.54, 1.807) is 12.1 Å². The van der Waals surface area contributed by atoms with Crippen LogP contribution in [0.5, 0.6) is 0 Å². The van der Waals surface area contributed by atoms with Gasteiger partial charge in [0.05, 0.1) is 27.4 Å². The van der Waals surface area contributed by atoms with Gasteiger partial charge in [0.15, 0.2) is 0 Å². The van der Waals surface area contributed by atoms with Gasteiger partial charge in [-0.2, -0.15) is 13.2 Å². The van der Waals surface area contributed by atoms with E-state index in [1.165, 1.54) is 6.07 Å². The SMILES string of the molecule is O=C(NC(c1cccc(Cl)n1)[C@]1(O)CC[C@H](F)CC1)c1ccc(C(F)(F)F)cc1Cl. The molecule has 0 bridgehead atoms. The van der Waals surface area contributed by atoms with Crippen molar-refractivity contribution >= 4 is 29.1 Å². The zero-order valence-electron chi connectivity index (χ0n) is 15.5. The van der Waals surface area contributed by atoms with Crippen LogP contribution in [0, 0.1) is 0 Å². The van der Waals surface area contributed by atoms with Gasteiger partial charge in [-0.3, -0.25) is 4.79 Å². The molecule has 0 spiro atoms. The van der Waals surface area contributed by atoms with E-state index in [0.717, 1.165) is 12.1 Å². The highest BCUT2D eigenvalue weighted by atomic mass is 35.5. The number of carbonyl (C=O) groups is 1. The lowest BCUT2D eigenvalue weighted by molar-refractivity contribution is -0.137. The number of nitrogens with zero attached hydrogens (tertiary/aromatic N) is 1. The summed E-state index contributed by atoms with van der Waals surface area (Å²) in [6, 6.07) is 5.95. The third-order valence-corrected chi connectivity index (χ3v) is 5.69. The highest BCUT2D eigenvalue weighted by Crippen LogP contribution is 2.40. The average Bonchev–Trinajstić information content (AvgIpc) is 2.67. The molecule has 3 rings (SSSR count). The Balaban J connectivity index is 1.92. The standard InChI is InChI=1S/C20H18Cl2F4N2O2/c21-14-10-11(20(24,25)26)4-5-13(14)18(29)28-17(15-2-1-3-16(22)27-15)19(30)8-6-12(23)7-9-19/h1-5,10,12,17,30H,6-9H2,(H,28,29)/t12-,17?,19-. The normalized spacial score (nSPS) is 23.1. The molecule has 0 aliphatic heterocycles. The third kappa shape index (κ3) is 5.04. The van der Waals surface area contributed by atoms with Gasteiger partial charge < -0.3 is 10.4 Å². The first-order valence-electron chi connectivity index (χ1n) is 9.16. The summed E-state index contributed by atoms with van der Waals surface area (Å²) in [5.74, 6) is -0.795. The number of aromatic nitrogens is 1. The van der Waals surface area contributed by atoms with Crippen molar-refractivity contribution in [1.29, 1.82) is 0 Å². The van der Waals surface area contributed by atoms with Crippen LogP contribution in [-0.4, -0.2) is 27.8 Å². The summed E-state index contributed by atoms with van der Waals surface area (Å²) in [7, 11) is 0. The Labute approximate surface area is 180 Å². The van der Waals surface area contributed by atoms with Gasteiger partial charge in [-0.15, -0.1) is 0 Å². The summed E-state index contributed by atoms with van der Waals surface area (Å²) in [5, 5.41) is 13.5. The quantitative estimate of drug-likeness (QED) is 0.462. The van der Waals surface area contributed by atoms with Crippen LogP contribution in [0.4, 0.5) is 17.6 Å². The maximum Gasteiger partial charge on any atom is 0.416 e. The van der Waals surface area contributed by atoms with Crippen LogP contribution in [0.25, 0.3) is 0 Å². The molecule has 0 saturated heterocycles. The van der Waals surface area contributed by atoms with Crippen molar-refractivity contribution in [1.82, 2.24) is 10.3 Å². The molecular formula is C20H18Cl2F4N2O2.